The van der Waals surface area contributed by atoms with Gasteiger partial charge in [0.2, 0.25) is 0 Å². The van der Waals surface area contributed by atoms with Crippen molar-refractivity contribution < 1.29 is 14.3 Å². The van der Waals surface area contributed by atoms with Crippen LogP contribution in [0.5, 0.6) is 0 Å². The van der Waals surface area contributed by atoms with E-state index in [1.807, 2.05) is 6.07 Å². The lowest BCUT2D eigenvalue weighted by molar-refractivity contribution is -0.142. The SMILES string of the molecule is O=C(CCC1CCCC1)OCC(=O)c1cccc(Br)c1. The molecule has 0 amide bonds. The van der Waals surface area contributed by atoms with Crippen molar-refractivity contribution in [3.05, 3.63) is 34.3 Å². The normalized spacial score (nSPS) is 15.2. The zero-order valence-electron chi connectivity index (χ0n) is 11.4. The second-order valence-corrected chi connectivity index (χ2v) is 6.20. The number of rotatable bonds is 6. The third-order valence-electron chi connectivity index (χ3n) is 3.74. The van der Waals surface area contributed by atoms with Crippen LogP contribution in [-0.2, 0) is 9.53 Å². The topological polar surface area (TPSA) is 43.4 Å². The first-order valence-corrected chi connectivity index (χ1v) is 7.89. The summed E-state index contributed by atoms with van der Waals surface area (Å²) in [6, 6.07) is 7.10. The Morgan fingerprint density at radius 3 is 2.70 bits per heavy atom. The maximum atomic E-state index is 11.9. The summed E-state index contributed by atoms with van der Waals surface area (Å²) in [5.74, 6) is 0.240. The van der Waals surface area contributed by atoms with Crippen LogP contribution < -0.4 is 0 Å². The number of halogens is 1. The number of Topliss-reactive ketones (excluding diaryl/α,β-unsaturated/α-hetero) is 1. The van der Waals surface area contributed by atoms with Crippen LogP contribution in [0.15, 0.2) is 28.7 Å². The maximum Gasteiger partial charge on any atom is 0.306 e. The van der Waals surface area contributed by atoms with Crippen LogP contribution in [-0.4, -0.2) is 18.4 Å². The first kappa shape index (κ1) is 15.2. The van der Waals surface area contributed by atoms with Gasteiger partial charge in [0.1, 0.15) is 0 Å². The molecule has 0 spiro atoms. The summed E-state index contributed by atoms with van der Waals surface area (Å²) in [6.07, 6.45) is 6.33. The Morgan fingerprint density at radius 1 is 1.25 bits per heavy atom. The van der Waals surface area contributed by atoms with Crippen molar-refractivity contribution >= 4 is 27.7 Å². The van der Waals surface area contributed by atoms with Crippen molar-refractivity contribution in [2.75, 3.05) is 6.61 Å². The van der Waals surface area contributed by atoms with Crippen LogP contribution in [0.4, 0.5) is 0 Å². The molecule has 0 heterocycles. The van der Waals surface area contributed by atoms with Gasteiger partial charge in [-0.05, 0) is 24.5 Å². The van der Waals surface area contributed by atoms with Crippen LogP contribution in [0, 0.1) is 5.92 Å². The standard InChI is InChI=1S/C16H19BrO3/c17-14-7-3-6-13(10-14)15(18)11-20-16(19)9-8-12-4-1-2-5-12/h3,6-7,10,12H,1-2,4-5,8-9,11H2. The molecule has 0 aliphatic heterocycles. The molecule has 0 bridgehead atoms. The molecule has 1 aliphatic rings. The Bertz CT molecular complexity index is 478. The number of hydrogen-bond donors (Lipinski definition) is 0. The van der Waals surface area contributed by atoms with Crippen molar-refractivity contribution in [3.8, 4) is 0 Å². The first-order valence-electron chi connectivity index (χ1n) is 7.09. The molecule has 1 fully saturated rings. The summed E-state index contributed by atoms with van der Waals surface area (Å²) < 4.78 is 5.90. The molecule has 0 unspecified atom stereocenters. The van der Waals surface area contributed by atoms with Gasteiger partial charge < -0.3 is 4.74 Å². The van der Waals surface area contributed by atoms with Crippen LogP contribution >= 0.6 is 15.9 Å². The quantitative estimate of drug-likeness (QED) is 0.578. The first-order chi connectivity index (χ1) is 9.65. The highest BCUT2D eigenvalue weighted by Gasteiger charge is 2.17. The fourth-order valence-electron chi connectivity index (χ4n) is 2.58. The lowest BCUT2D eigenvalue weighted by atomic mass is 10.0. The van der Waals surface area contributed by atoms with Gasteiger partial charge in [-0.1, -0.05) is 53.7 Å². The molecule has 1 aromatic carbocycles. The molecule has 1 aliphatic carbocycles. The number of esters is 1. The fourth-order valence-corrected chi connectivity index (χ4v) is 2.98. The molecule has 108 valence electrons. The number of benzene rings is 1. The third-order valence-corrected chi connectivity index (χ3v) is 4.24. The highest BCUT2D eigenvalue weighted by Crippen LogP contribution is 2.28. The summed E-state index contributed by atoms with van der Waals surface area (Å²) in [5.41, 5.74) is 0.558. The van der Waals surface area contributed by atoms with Gasteiger partial charge in [0.25, 0.3) is 0 Å². The Kier molecular flexibility index (Phi) is 5.77. The number of ether oxygens (including phenoxy) is 1. The van der Waals surface area contributed by atoms with E-state index in [0.717, 1.165) is 10.9 Å². The van der Waals surface area contributed by atoms with Crippen LogP contribution in [0.2, 0.25) is 0 Å². The highest BCUT2D eigenvalue weighted by molar-refractivity contribution is 9.10. The van der Waals surface area contributed by atoms with Gasteiger partial charge >= 0.3 is 5.97 Å². The summed E-state index contributed by atoms with van der Waals surface area (Å²) in [5, 5.41) is 0. The molecule has 3 nitrogen and oxygen atoms in total. The second-order valence-electron chi connectivity index (χ2n) is 5.28. The molecular weight excluding hydrogens is 320 g/mol. The molecular formula is C16H19BrO3. The van der Waals surface area contributed by atoms with Gasteiger partial charge in [-0.25, -0.2) is 0 Å². The summed E-state index contributed by atoms with van der Waals surface area (Å²) in [4.78, 5) is 23.5. The van der Waals surface area contributed by atoms with E-state index in [0.29, 0.717) is 17.9 Å². The van der Waals surface area contributed by atoms with E-state index < -0.39 is 0 Å². The van der Waals surface area contributed by atoms with E-state index in [1.54, 1.807) is 18.2 Å². The molecule has 0 aromatic heterocycles. The molecule has 4 heteroatoms. The summed E-state index contributed by atoms with van der Waals surface area (Å²) in [7, 11) is 0. The van der Waals surface area contributed by atoms with E-state index in [-0.39, 0.29) is 18.4 Å². The average Bonchev–Trinajstić information content (AvgIpc) is 2.95. The van der Waals surface area contributed by atoms with Crippen molar-refractivity contribution in [1.82, 2.24) is 0 Å². The second kappa shape index (κ2) is 7.58. The van der Waals surface area contributed by atoms with E-state index in [9.17, 15) is 9.59 Å². The Balaban J connectivity index is 1.71. The number of carbonyl (C=O) groups is 2. The summed E-state index contributed by atoms with van der Waals surface area (Å²) >= 11 is 3.31. The fraction of sp³-hybridized carbons (Fsp3) is 0.500. The van der Waals surface area contributed by atoms with E-state index in [1.165, 1.54) is 25.7 Å². The molecule has 0 atom stereocenters. The van der Waals surface area contributed by atoms with Crippen LogP contribution in [0.1, 0.15) is 48.9 Å². The molecule has 20 heavy (non-hydrogen) atoms. The van der Waals surface area contributed by atoms with Crippen LogP contribution in [0.3, 0.4) is 0 Å². The predicted octanol–water partition coefficient (Wildman–Crippen LogP) is 4.15. The largest absolute Gasteiger partial charge is 0.457 e. The van der Waals surface area contributed by atoms with Gasteiger partial charge in [0.05, 0.1) is 0 Å². The van der Waals surface area contributed by atoms with Crippen molar-refractivity contribution in [2.45, 2.75) is 38.5 Å². The van der Waals surface area contributed by atoms with E-state index >= 15 is 0 Å². The maximum absolute atomic E-state index is 11.9. The van der Waals surface area contributed by atoms with Crippen molar-refractivity contribution in [2.24, 2.45) is 5.92 Å². The number of ketones is 1. The summed E-state index contributed by atoms with van der Waals surface area (Å²) in [6.45, 7) is -0.167. The minimum absolute atomic E-state index is 0.166. The molecule has 0 saturated heterocycles. The van der Waals surface area contributed by atoms with Gasteiger partial charge in [-0.3, -0.25) is 9.59 Å². The Labute approximate surface area is 127 Å². The van der Waals surface area contributed by atoms with E-state index in [4.69, 9.17) is 4.74 Å². The molecule has 0 radical (unpaired) electrons. The highest BCUT2D eigenvalue weighted by atomic mass is 79.9. The molecule has 0 N–H and O–H groups in total. The Morgan fingerprint density at radius 2 is 2.00 bits per heavy atom. The van der Waals surface area contributed by atoms with Gasteiger partial charge in [-0.15, -0.1) is 0 Å². The van der Waals surface area contributed by atoms with Gasteiger partial charge in [0, 0.05) is 16.5 Å². The minimum Gasteiger partial charge on any atom is -0.457 e. The van der Waals surface area contributed by atoms with Gasteiger partial charge in [-0.2, -0.15) is 0 Å². The third kappa shape index (κ3) is 4.75. The zero-order chi connectivity index (χ0) is 14.4. The monoisotopic (exact) mass is 338 g/mol. The Hall–Kier alpha value is -1.16. The number of hydrogen-bond acceptors (Lipinski definition) is 3. The lowest BCUT2D eigenvalue weighted by Gasteiger charge is -2.08. The lowest BCUT2D eigenvalue weighted by Crippen LogP contribution is -2.14. The molecule has 1 saturated carbocycles. The zero-order valence-corrected chi connectivity index (χ0v) is 13.0. The average molecular weight is 339 g/mol. The van der Waals surface area contributed by atoms with E-state index in [2.05, 4.69) is 15.9 Å². The smallest absolute Gasteiger partial charge is 0.306 e. The number of carbonyl (C=O) groups excluding carboxylic acids is 2. The minimum atomic E-state index is -0.264. The van der Waals surface area contributed by atoms with Crippen molar-refractivity contribution in [3.63, 3.8) is 0 Å². The molecule has 2 rings (SSSR count). The molecule has 1 aromatic rings. The van der Waals surface area contributed by atoms with Gasteiger partial charge in [0.15, 0.2) is 12.4 Å². The van der Waals surface area contributed by atoms with Crippen LogP contribution in [0.25, 0.3) is 0 Å². The van der Waals surface area contributed by atoms with Crippen molar-refractivity contribution in [1.29, 1.82) is 0 Å². The predicted molar refractivity (Wildman–Crippen MR) is 80.6 cm³/mol.